The highest BCUT2D eigenvalue weighted by Gasteiger charge is 2.32. The number of hydrogen-bond acceptors (Lipinski definition) is 2. The van der Waals surface area contributed by atoms with E-state index in [1.165, 1.54) is 5.56 Å². The highest BCUT2D eigenvalue weighted by atomic mass is 35.5. The fourth-order valence-corrected chi connectivity index (χ4v) is 4.65. The Kier molecular flexibility index (Phi) is 4.76. The van der Waals surface area contributed by atoms with Gasteiger partial charge in [0.1, 0.15) is 0 Å². The zero-order chi connectivity index (χ0) is 20.0. The lowest BCUT2D eigenvalue weighted by molar-refractivity contribution is -0.137. The van der Waals surface area contributed by atoms with Crippen molar-refractivity contribution < 1.29 is 14.7 Å². The first kappa shape index (κ1) is 18.8. The number of carbonyl (C=O) groups is 2. The molecule has 0 amide bonds. The van der Waals surface area contributed by atoms with E-state index >= 15 is 0 Å². The Labute approximate surface area is 168 Å². The molecule has 28 heavy (non-hydrogen) atoms. The SMILES string of the molecule is CC(=O)c1cc(C)cc2c3c(n(Cc4ccc(Cl)cc4)c12)[C@@H](CC(=O)O)CC3. The molecule has 0 radical (unpaired) electrons. The summed E-state index contributed by atoms with van der Waals surface area (Å²) in [5, 5.41) is 11.2. The first-order valence-electron chi connectivity index (χ1n) is 9.48. The molecule has 4 nitrogen and oxygen atoms in total. The van der Waals surface area contributed by atoms with E-state index in [2.05, 4.69) is 10.6 Å². The Morgan fingerprint density at radius 1 is 1.21 bits per heavy atom. The van der Waals surface area contributed by atoms with E-state index in [-0.39, 0.29) is 18.1 Å². The van der Waals surface area contributed by atoms with E-state index in [1.807, 2.05) is 37.3 Å². The molecule has 0 aliphatic heterocycles. The molecule has 4 rings (SSSR count). The van der Waals surface area contributed by atoms with Gasteiger partial charge in [-0.1, -0.05) is 23.7 Å². The monoisotopic (exact) mass is 395 g/mol. The van der Waals surface area contributed by atoms with Crippen LogP contribution in [0.1, 0.15) is 58.4 Å². The molecule has 2 aromatic carbocycles. The molecule has 0 saturated carbocycles. The molecule has 1 heterocycles. The third-order valence-corrected chi connectivity index (χ3v) is 5.89. The summed E-state index contributed by atoms with van der Waals surface area (Å²) < 4.78 is 2.17. The Hall–Kier alpha value is -2.59. The number of aliphatic carboxylic acids is 1. The summed E-state index contributed by atoms with van der Waals surface area (Å²) in [4.78, 5) is 23.9. The molecule has 0 unspecified atom stereocenters. The van der Waals surface area contributed by atoms with E-state index in [0.717, 1.165) is 40.6 Å². The number of nitrogens with zero attached hydrogens (tertiary/aromatic N) is 1. The van der Waals surface area contributed by atoms with Crippen molar-refractivity contribution in [1.82, 2.24) is 4.57 Å². The predicted octanol–water partition coefficient (Wildman–Crippen LogP) is 5.36. The number of benzene rings is 2. The second-order valence-corrected chi connectivity index (χ2v) is 8.11. The van der Waals surface area contributed by atoms with Crippen LogP contribution >= 0.6 is 11.6 Å². The molecule has 144 valence electrons. The fourth-order valence-electron chi connectivity index (χ4n) is 4.52. The molecule has 1 aromatic heterocycles. The minimum Gasteiger partial charge on any atom is -0.481 e. The van der Waals surface area contributed by atoms with E-state index in [9.17, 15) is 14.7 Å². The summed E-state index contributed by atoms with van der Waals surface area (Å²) >= 11 is 6.03. The van der Waals surface area contributed by atoms with E-state index in [1.54, 1.807) is 6.92 Å². The normalized spacial score (nSPS) is 15.8. The van der Waals surface area contributed by atoms with Gasteiger partial charge in [0.25, 0.3) is 0 Å². The molecule has 3 aromatic rings. The molecule has 1 aliphatic carbocycles. The van der Waals surface area contributed by atoms with Crippen molar-refractivity contribution in [2.75, 3.05) is 0 Å². The number of hydrogen-bond donors (Lipinski definition) is 1. The van der Waals surface area contributed by atoms with Gasteiger partial charge in [-0.05, 0) is 67.6 Å². The van der Waals surface area contributed by atoms with Gasteiger partial charge in [0.05, 0.1) is 11.9 Å². The van der Waals surface area contributed by atoms with Gasteiger partial charge in [-0.25, -0.2) is 0 Å². The predicted molar refractivity (Wildman–Crippen MR) is 111 cm³/mol. The van der Waals surface area contributed by atoms with Crippen LogP contribution in [0.3, 0.4) is 0 Å². The standard InChI is InChI=1S/C23H22ClNO3/c1-13-9-19(14(2)26)23-20(10-13)18-8-5-16(11-21(27)28)22(18)25(23)12-15-3-6-17(24)7-4-15/h3-4,6-7,9-10,16H,5,8,11-12H2,1-2H3,(H,27,28)/t16-/m1/s1. The van der Waals surface area contributed by atoms with Gasteiger partial charge in [-0.2, -0.15) is 0 Å². The second kappa shape index (κ2) is 7.10. The van der Waals surface area contributed by atoms with E-state index in [0.29, 0.717) is 17.1 Å². The highest BCUT2D eigenvalue weighted by Crippen LogP contribution is 2.43. The Morgan fingerprint density at radius 2 is 1.93 bits per heavy atom. The van der Waals surface area contributed by atoms with Crippen molar-refractivity contribution in [3.8, 4) is 0 Å². The first-order chi connectivity index (χ1) is 13.3. The van der Waals surface area contributed by atoms with Crippen LogP contribution < -0.4 is 0 Å². The van der Waals surface area contributed by atoms with Crippen LogP contribution in [0.5, 0.6) is 0 Å². The summed E-state index contributed by atoms with van der Waals surface area (Å²) in [5.41, 5.74) is 6.01. The van der Waals surface area contributed by atoms with E-state index < -0.39 is 5.97 Å². The molecule has 0 spiro atoms. The third kappa shape index (κ3) is 3.22. The van der Waals surface area contributed by atoms with Crippen molar-refractivity contribution in [1.29, 1.82) is 0 Å². The third-order valence-electron chi connectivity index (χ3n) is 5.63. The van der Waals surface area contributed by atoms with Crippen LogP contribution in [0.2, 0.25) is 5.02 Å². The lowest BCUT2D eigenvalue weighted by Crippen LogP contribution is -2.12. The molecule has 0 saturated heterocycles. The van der Waals surface area contributed by atoms with Crippen molar-refractivity contribution >= 4 is 34.3 Å². The lowest BCUT2D eigenvalue weighted by Gasteiger charge is -2.17. The maximum absolute atomic E-state index is 12.4. The largest absolute Gasteiger partial charge is 0.481 e. The molecule has 5 heteroatoms. The Balaban J connectivity index is 1.97. The van der Waals surface area contributed by atoms with Crippen LogP contribution in [0, 0.1) is 6.92 Å². The summed E-state index contributed by atoms with van der Waals surface area (Å²) in [6.45, 7) is 4.18. The number of Topliss-reactive ketones (excluding diaryl/α,β-unsaturated/α-hetero) is 1. The minimum atomic E-state index is -0.788. The highest BCUT2D eigenvalue weighted by molar-refractivity contribution is 6.30. The van der Waals surface area contributed by atoms with Crippen LogP contribution in [-0.2, 0) is 17.8 Å². The van der Waals surface area contributed by atoms with Crippen molar-refractivity contribution in [2.45, 2.75) is 45.6 Å². The van der Waals surface area contributed by atoms with Crippen LogP contribution in [-0.4, -0.2) is 21.4 Å². The molecule has 0 fully saturated rings. The molecular weight excluding hydrogens is 374 g/mol. The zero-order valence-corrected chi connectivity index (χ0v) is 16.7. The van der Waals surface area contributed by atoms with Crippen LogP contribution in [0.4, 0.5) is 0 Å². The molecule has 1 aliphatic rings. The average Bonchev–Trinajstić information content (AvgIpc) is 3.16. The summed E-state index contributed by atoms with van der Waals surface area (Å²) in [5.74, 6) is -0.798. The number of fused-ring (bicyclic) bond motifs is 3. The van der Waals surface area contributed by atoms with Gasteiger partial charge in [0.2, 0.25) is 0 Å². The van der Waals surface area contributed by atoms with Gasteiger partial charge in [-0.15, -0.1) is 0 Å². The second-order valence-electron chi connectivity index (χ2n) is 7.67. The number of carboxylic acid groups (broad SMARTS) is 1. The minimum absolute atomic E-state index is 0.0250. The van der Waals surface area contributed by atoms with E-state index in [4.69, 9.17) is 11.6 Å². The zero-order valence-electron chi connectivity index (χ0n) is 16.0. The summed E-state index contributed by atoms with van der Waals surface area (Å²) in [6.07, 6.45) is 1.79. The van der Waals surface area contributed by atoms with Crippen LogP contribution in [0.25, 0.3) is 10.9 Å². The quantitative estimate of drug-likeness (QED) is 0.591. The summed E-state index contributed by atoms with van der Waals surface area (Å²) in [7, 11) is 0. The lowest BCUT2D eigenvalue weighted by atomic mass is 10.0. The maximum atomic E-state index is 12.4. The smallest absolute Gasteiger partial charge is 0.304 e. The number of carboxylic acids is 1. The summed E-state index contributed by atoms with van der Waals surface area (Å²) in [6, 6.07) is 11.7. The Bertz CT molecular complexity index is 1100. The number of ketones is 1. The number of halogens is 1. The first-order valence-corrected chi connectivity index (χ1v) is 9.85. The molecule has 1 N–H and O–H groups in total. The number of carbonyl (C=O) groups excluding carboxylic acids is 1. The number of rotatable bonds is 5. The number of aryl methyl sites for hydroxylation is 2. The molecule has 1 atom stereocenters. The molecular formula is C23H22ClNO3. The van der Waals surface area contributed by atoms with Gasteiger partial charge in [-0.3, -0.25) is 9.59 Å². The van der Waals surface area contributed by atoms with Crippen molar-refractivity contribution in [3.63, 3.8) is 0 Å². The van der Waals surface area contributed by atoms with Crippen molar-refractivity contribution in [3.05, 3.63) is 69.4 Å². The van der Waals surface area contributed by atoms with Gasteiger partial charge in [0.15, 0.2) is 5.78 Å². The fraction of sp³-hybridized carbons (Fsp3) is 0.304. The number of aromatic nitrogens is 1. The van der Waals surface area contributed by atoms with Gasteiger partial charge < -0.3 is 9.67 Å². The van der Waals surface area contributed by atoms with Crippen molar-refractivity contribution in [2.24, 2.45) is 0 Å². The van der Waals surface area contributed by atoms with Gasteiger partial charge >= 0.3 is 5.97 Å². The van der Waals surface area contributed by atoms with Gasteiger partial charge in [0, 0.05) is 34.1 Å². The Morgan fingerprint density at radius 3 is 2.57 bits per heavy atom. The maximum Gasteiger partial charge on any atom is 0.304 e. The topological polar surface area (TPSA) is 59.3 Å². The van der Waals surface area contributed by atoms with Crippen LogP contribution in [0.15, 0.2) is 36.4 Å². The average molecular weight is 396 g/mol. The molecule has 0 bridgehead atoms.